The van der Waals surface area contributed by atoms with Crippen LogP contribution in [0.4, 0.5) is 4.79 Å². The maximum atomic E-state index is 11.3. The second-order valence-corrected chi connectivity index (χ2v) is 7.61. The molecule has 0 bridgehead atoms. The van der Waals surface area contributed by atoms with Gasteiger partial charge in [-0.1, -0.05) is 18.9 Å². The Labute approximate surface area is 142 Å². The molecular weight excluding hydrogens is 308 g/mol. The predicted octanol–water partition coefficient (Wildman–Crippen LogP) is 1.29. The highest BCUT2D eigenvalue weighted by molar-refractivity contribution is 8.00. The van der Waals surface area contributed by atoms with E-state index in [2.05, 4.69) is 45.0 Å². The largest absolute Gasteiger partial charge is 0.332 e. The molecule has 2 aliphatic rings. The van der Waals surface area contributed by atoms with E-state index in [9.17, 15) is 4.79 Å². The summed E-state index contributed by atoms with van der Waals surface area (Å²) < 4.78 is 2.20. The van der Waals surface area contributed by atoms with Gasteiger partial charge in [-0.25, -0.2) is 9.36 Å². The quantitative estimate of drug-likeness (QED) is 0.362. The van der Waals surface area contributed by atoms with Crippen LogP contribution in [0.1, 0.15) is 25.7 Å². The summed E-state index contributed by atoms with van der Waals surface area (Å²) in [6.07, 6.45) is 9.17. The van der Waals surface area contributed by atoms with Crippen molar-refractivity contribution in [2.24, 2.45) is 0 Å². The van der Waals surface area contributed by atoms with Crippen LogP contribution in [-0.4, -0.2) is 42.2 Å². The van der Waals surface area contributed by atoms with E-state index in [-0.39, 0.29) is 6.03 Å². The van der Waals surface area contributed by atoms with Crippen LogP contribution in [0.5, 0.6) is 0 Å². The summed E-state index contributed by atoms with van der Waals surface area (Å²) in [6.45, 7) is 3.14. The molecule has 0 aliphatic carbocycles. The zero-order chi connectivity index (χ0) is 15.9. The molecule has 0 spiro atoms. The number of hydrogen-bond donors (Lipinski definition) is 3. The number of pyridine rings is 1. The first-order valence-corrected chi connectivity index (χ1v) is 9.71. The van der Waals surface area contributed by atoms with Gasteiger partial charge in [-0.2, -0.15) is 11.8 Å². The van der Waals surface area contributed by atoms with E-state index in [1.165, 1.54) is 25.7 Å². The summed E-state index contributed by atoms with van der Waals surface area (Å²) >= 11 is 2.01. The fourth-order valence-corrected chi connectivity index (χ4v) is 4.88. The van der Waals surface area contributed by atoms with Gasteiger partial charge in [0, 0.05) is 23.1 Å². The third-order valence-corrected chi connectivity index (χ3v) is 6.11. The van der Waals surface area contributed by atoms with Gasteiger partial charge in [0.1, 0.15) is 0 Å². The highest BCUT2D eigenvalue weighted by atomic mass is 32.2. The smallest absolute Gasteiger partial charge is 0.315 e. The molecule has 3 heterocycles. The summed E-state index contributed by atoms with van der Waals surface area (Å²) in [4.78, 5) is 11.3. The zero-order valence-electron chi connectivity index (χ0n) is 13.5. The minimum Gasteiger partial charge on any atom is -0.332 e. The number of hydrogen-bond acceptors (Lipinski definition) is 3. The molecule has 23 heavy (non-hydrogen) atoms. The monoisotopic (exact) mass is 335 g/mol. The Hall–Kier alpha value is -1.27. The summed E-state index contributed by atoms with van der Waals surface area (Å²) in [7, 11) is 0. The summed E-state index contributed by atoms with van der Waals surface area (Å²) in [6, 6.07) is 6.90. The zero-order valence-corrected chi connectivity index (χ0v) is 14.4. The number of nitrogens with one attached hydrogen (secondary N) is 3. The molecule has 1 aromatic rings. The van der Waals surface area contributed by atoms with Crippen LogP contribution < -0.4 is 20.5 Å². The van der Waals surface area contributed by atoms with Crippen molar-refractivity contribution < 1.29 is 9.36 Å². The van der Waals surface area contributed by atoms with Crippen LogP contribution in [0.3, 0.4) is 0 Å². The lowest BCUT2D eigenvalue weighted by Crippen LogP contribution is -2.38. The topological polar surface area (TPSA) is 57.0 Å². The van der Waals surface area contributed by atoms with E-state index in [1.807, 2.05) is 17.8 Å². The van der Waals surface area contributed by atoms with Crippen molar-refractivity contribution in [3.63, 3.8) is 0 Å². The Morgan fingerprint density at radius 2 is 2.00 bits per heavy atom. The molecule has 2 fully saturated rings. The molecule has 3 atom stereocenters. The highest BCUT2D eigenvalue weighted by Gasteiger charge is 2.42. The van der Waals surface area contributed by atoms with Gasteiger partial charge in [-0.15, -0.1) is 0 Å². The Balaban J connectivity index is 1.19. The lowest BCUT2D eigenvalue weighted by molar-refractivity contribution is -0.695. The van der Waals surface area contributed by atoms with Crippen molar-refractivity contribution in [1.29, 1.82) is 0 Å². The molecule has 126 valence electrons. The van der Waals surface area contributed by atoms with Gasteiger partial charge in [0.05, 0.1) is 18.6 Å². The fourth-order valence-electron chi connectivity index (χ4n) is 3.33. The van der Waals surface area contributed by atoms with Crippen LogP contribution in [-0.2, 0) is 6.54 Å². The van der Waals surface area contributed by atoms with Crippen molar-refractivity contribution in [3.05, 3.63) is 30.6 Å². The number of rotatable bonds is 9. The maximum Gasteiger partial charge on any atom is 0.315 e. The first-order valence-electron chi connectivity index (χ1n) is 8.66. The molecule has 2 aliphatic heterocycles. The number of carbonyl (C=O) groups is 1. The second-order valence-electron chi connectivity index (χ2n) is 6.33. The molecule has 1 aromatic heterocycles. The van der Waals surface area contributed by atoms with Gasteiger partial charge in [0.2, 0.25) is 0 Å². The first-order chi connectivity index (χ1) is 11.3. The van der Waals surface area contributed by atoms with Crippen LogP contribution in [0.25, 0.3) is 0 Å². The van der Waals surface area contributed by atoms with E-state index in [0.717, 1.165) is 25.4 Å². The standard InChI is InChI=1S/C17H26N4OS/c22-17-19-14-13-23-15(16(14)20-17)7-3-1-4-8-18-9-12-21-10-5-2-6-11-21/h2,5-6,10-11,14-16,18H,1,3-4,7-9,12-13H2,(H-,19,20,22)/p+1. The minimum absolute atomic E-state index is 0.0192. The number of urea groups is 1. The van der Waals surface area contributed by atoms with Gasteiger partial charge in [-0.3, -0.25) is 0 Å². The number of fused-ring (bicyclic) bond motifs is 1. The van der Waals surface area contributed by atoms with Gasteiger partial charge < -0.3 is 16.0 Å². The average molecular weight is 335 g/mol. The summed E-state index contributed by atoms with van der Waals surface area (Å²) in [5.41, 5.74) is 0. The van der Waals surface area contributed by atoms with E-state index in [0.29, 0.717) is 17.3 Å². The number of unbranched alkanes of at least 4 members (excludes halogenated alkanes) is 2. The predicted molar refractivity (Wildman–Crippen MR) is 93.5 cm³/mol. The fraction of sp³-hybridized carbons (Fsp3) is 0.647. The van der Waals surface area contributed by atoms with Gasteiger partial charge in [0.15, 0.2) is 18.9 Å². The molecule has 0 aromatic carbocycles. The van der Waals surface area contributed by atoms with Crippen molar-refractivity contribution in [3.8, 4) is 0 Å². The van der Waals surface area contributed by atoms with Crippen molar-refractivity contribution in [1.82, 2.24) is 16.0 Å². The highest BCUT2D eigenvalue weighted by Crippen LogP contribution is 2.33. The van der Waals surface area contributed by atoms with Crippen LogP contribution in [0, 0.1) is 0 Å². The molecule has 3 N–H and O–H groups in total. The third-order valence-electron chi connectivity index (χ3n) is 4.60. The van der Waals surface area contributed by atoms with E-state index in [1.54, 1.807) is 0 Å². The molecule has 2 amide bonds. The SMILES string of the molecule is O=C1NC2CSC(CCCCCNCC[n+]3ccccc3)C2N1. The molecule has 0 radical (unpaired) electrons. The lowest BCUT2D eigenvalue weighted by atomic mass is 10.0. The van der Waals surface area contributed by atoms with Crippen LogP contribution in [0.2, 0.25) is 0 Å². The number of aromatic nitrogens is 1. The third kappa shape index (κ3) is 4.85. The molecule has 3 rings (SSSR count). The van der Waals surface area contributed by atoms with Crippen LogP contribution >= 0.6 is 11.8 Å². The Morgan fingerprint density at radius 1 is 1.13 bits per heavy atom. The molecule has 3 unspecified atom stereocenters. The Kier molecular flexibility index (Phi) is 6.16. The van der Waals surface area contributed by atoms with E-state index in [4.69, 9.17) is 0 Å². The number of carbonyl (C=O) groups excluding carboxylic acids is 1. The van der Waals surface area contributed by atoms with Gasteiger partial charge in [-0.05, 0) is 19.4 Å². The van der Waals surface area contributed by atoms with Crippen molar-refractivity contribution in [2.75, 3.05) is 18.8 Å². The molecule has 6 heteroatoms. The van der Waals surface area contributed by atoms with E-state index >= 15 is 0 Å². The molecule has 2 saturated heterocycles. The van der Waals surface area contributed by atoms with Gasteiger partial charge in [0.25, 0.3) is 0 Å². The van der Waals surface area contributed by atoms with Crippen molar-refractivity contribution in [2.45, 2.75) is 49.6 Å². The lowest BCUT2D eigenvalue weighted by Gasteiger charge is -2.16. The molecular formula is C17H27N4OS+. The summed E-state index contributed by atoms with van der Waals surface area (Å²) in [5.74, 6) is 1.06. The summed E-state index contributed by atoms with van der Waals surface area (Å²) in [5, 5.41) is 10.2. The second kappa shape index (κ2) is 8.55. The number of nitrogens with zero attached hydrogens (tertiary/aromatic N) is 1. The Bertz CT molecular complexity index is 499. The molecule has 0 saturated carbocycles. The number of thioether (sulfide) groups is 1. The molecule has 5 nitrogen and oxygen atoms in total. The first kappa shape index (κ1) is 16.6. The van der Waals surface area contributed by atoms with Crippen LogP contribution in [0.15, 0.2) is 30.6 Å². The number of amides is 2. The van der Waals surface area contributed by atoms with Crippen molar-refractivity contribution >= 4 is 17.8 Å². The minimum atomic E-state index is 0.0192. The van der Waals surface area contributed by atoms with Gasteiger partial charge >= 0.3 is 6.03 Å². The average Bonchev–Trinajstić information content (AvgIpc) is 3.10. The Morgan fingerprint density at radius 3 is 2.87 bits per heavy atom. The normalized spacial score (nSPS) is 25.9. The van der Waals surface area contributed by atoms with E-state index < -0.39 is 0 Å². The maximum absolute atomic E-state index is 11.3.